The van der Waals surface area contributed by atoms with E-state index in [9.17, 15) is 28.8 Å². The molecule has 0 spiro atoms. The van der Waals surface area contributed by atoms with E-state index in [4.69, 9.17) is 18.9 Å². The van der Waals surface area contributed by atoms with Crippen LogP contribution in [0.15, 0.2) is 86.0 Å². The van der Waals surface area contributed by atoms with Crippen molar-refractivity contribution in [1.29, 1.82) is 0 Å². The van der Waals surface area contributed by atoms with Crippen molar-refractivity contribution in [2.24, 2.45) is 0 Å². The number of imide groups is 2. The molecule has 43 heavy (non-hydrogen) atoms. The summed E-state index contributed by atoms with van der Waals surface area (Å²) in [5.41, 5.74) is -1.06. The van der Waals surface area contributed by atoms with Gasteiger partial charge in [0, 0.05) is 11.1 Å². The average Bonchev–Trinajstić information content (AvgIpc) is 3.04. The fourth-order valence-corrected chi connectivity index (χ4v) is 4.02. The number of rotatable bonds is 8. The van der Waals surface area contributed by atoms with Gasteiger partial charge in [-0.15, -0.1) is 0 Å². The van der Waals surface area contributed by atoms with Crippen LogP contribution < -0.4 is 0 Å². The van der Waals surface area contributed by atoms with Gasteiger partial charge in [-0.1, -0.05) is 61.7 Å². The number of carbonyl (C=O) groups excluding carboxylic acids is 6. The topological polar surface area (TPSA) is 146 Å². The molecule has 2 aromatic carbocycles. The summed E-state index contributed by atoms with van der Waals surface area (Å²) in [5.74, 6) is -3.98. The van der Waals surface area contributed by atoms with Crippen LogP contribution in [0.25, 0.3) is 0 Å². The molecule has 226 valence electrons. The second-order valence-electron chi connectivity index (χ2n) is 9.23. The first-order valence-corrected chi connectivity index (χ1v) is 13.3. The smallest absolute Gasteiger partial charge is 0.348 e. The molecule has 0 bridgehead atoms. The molecule has 2 aliphatic heterocycles. The highest BCUT2D eigenvalue weighted by atomic mass is 16.6. The molecule has 12 nitrogen and oxygen atoms in total. The molecule has 0 radical (unpaired) electrons. The lowest BCUT2D eigenvalue weighted by Gasteiger charge is -2.36. The monoisotopic (exact) mass is 592 g/mol. The number of nitrogens with zero attached hydrogens (tertiary/aromatic N) is 2. The first-order chi connectivity index (χ1) is 20.7. The standard InChI is InChI=1S/C16H17NO5.C15H15NO5/c1-3-10-21-15(20)16(2)14(19)17(9-11-22-16)13(18)12-7-5-4-6-8-12;1-2-9-21-15(19)12-14(18)16(8-10-20-12)13(17)11-6-4-3-5-7-11/h3-8H,1,9-11H2,2H3;2-7,12H,1,8-10H2. The van der Waals surface area contributed by atoms with Crippen molar-refractivity contribution in [3.63, 3.8) is 0 Å². The van der Waals surface area contributed by atoms with E-state index in [2.05, 4.69) is 13.2 Å². The lowest BCUT2D eigenvalue weighted by atomic mass is 10.0. The van der Waals surface area contributed by atoms with E-state index < -0.39 is 47.3 Å². The predicted molar refractivity (Wildman–Crippen MR) is 151 cm³/mol. The number of morpholine rings is 2. The summed E-state index contributed by atoms with van der Waals surface area (Å²) in [6, 6.07) is 16.8. The fourth-order valence-electron chi connectivity index (χ4n) is 4.02. The maximum absolute atomic E-state index is 12.5. The number of benzene rings is 2. The highest BCUT2D eigenvalue weighted by Crippen LogP contribution is 2.23. The van der Waals surface area contributed by atoms with Crippen molar-refractivity contribution in [2.45, 2.75) is 18.6 Å². The molecule has 0 saturated carbocycles. The Hall–Kier alpha value is -4.94. The summed E-state index contributed by atoms with van der Waals surface area (Å²) in [5, 5.41) is 0. The SMILES string of the molecule is C=CCOC(=O)C1(C)OCCN(C(=O)c2ccccc2)C1=O.C=CCOC(=O)C1OCCN(C(=O)c2ccccc2)C1=O. The number of hydrogen-bond acceptors (Lipinski definition) is 10. The van der Waals surface area contributed by atoms with Gasteiger partial charge in [0.15, 0.2) is 0 Å². The maximum Gasteiger partial charge on any atom is 0.348 e. The van der Waals surface area contributed by atoms with Gasteiger partial charge < -0.3 is 18.9 Å². The molecule has 0 aliphatic carbocycles. The van der Waals surface area contributed by atoms with Crippen LogP contribution >= 0.6 is 0 Å². The Bertz CT molecular complexity index is 1360. The molecule has 2 aromatic rings. The summed E-state index contributed by atoms with van der Waals surface area (Å²) in [7, 11) is 0. The van der Waals surface area contributed by atoms with Gasteiger partial charge in [0.2, 0.25) is 11.7 Å². The van der Waals surface area contributed by atoms with Crippen molar-refractivity contribution in [3.8, 4) is 0 Å². The largest absolute Gasteiger partial charge is 0.459 e. The normalized spacial score (nSPS) is 19.8. The molecule has 12 heteroatoms. The summed E-state index contributed by atoms with van der Waals surface area (Å²) in [4.78, 5) is 75.2. The molecule has 2 unspecified atom stereocenters. The second kappa shape index (κ2) is 15.3. The number of hydrogen-bond donors (Lipinski definition) is 0. The van der Waals surface area contributed by atoms with Gasteiger partial charge in [-0.3, -0.25) is 29.0 Å². The van der Waals surface area contributed by atoms with Crippen molar-refractivity contribution in [3.05, 3.63) is 97.1 Å². The van der Waals surface area contributed by atoms with Gasteiger partial charge in [-0.2, -0.15) is 0 Å². The molecule has 2 aliphatic rings. The Labute approximate surface area is 248 Å². The predicted octanol–water partition coefficient (Wildman–Crippen LogP) is 1.96. The van der Waals surface area contributed by atoms with Gasteiger partial charge in [-0.25, -0.2) is 9.59 Å². The minimum atomic E-state index is -1.81. The van der Waals surface area contributed by atoms with Gasteiger partial charge >= 0.3 is 11.9 Å². The highest BCUT2D eigenvalue weighted by molar-refractivity contribution is 6.14. The molecular formula is C31H32N2O10. The number of ether oxygens (including phenoxy) is 4. The molecule has 2 fully saturated rings. The van der Waals surface area contributed by atoms with Crippen LogP contribution in [0.3, 0.4) is 0 Å². The number of amides is 4. The Morgan fingerprint density at radius 3 is 1.91 bits per heavy atom. The zero-order valence-electron chi connectivity index (χ0n) is 23.6. The lowest BCUT2D eigenvalue weighted by Crippen LogP contribution is -2.61. The van der Waals surface area contributed by atoms with Gasteiger partial charge in [0.25, 0.3) is 23.6 Å². The Kier molecular flexibility index (Phi) is 11.6. The number of carbonyl (C=O) groups is 6. The summed E-state index contributed by atoms with van der Waals surface area (Å²) in [6.45, 7) is 8.48. The maximum atomic E-state index is 12.5. The summed E-state index contributed by atoms with van der Waals surface area (Å²) >= 11 is 0. The minimum Gasteiger partial charge on any atom is -0.459 e. The Morgan fingerprint density at radius 2 is 1.35 bits per heavy atom. The molecular weight excluding hydrogens is 560 g/mol. The quantitative estimate of drug-likeness (QED) is 0.193. The summed E-state index contributed by atoms with van der Waals surface area (Å²) in [6.07, 6.45) is 1.38. The molecule has 0 N–H and O–H groups in total. The van der Waals surface area contributed by atoms with Crippen LogP contribution in [-0.4, -0.2) is 96.6 Å². The van der Waals surface area contributed by atoms with E-state index in [-0.39, 0.29) is 39.5 Å². The van der Waals surface area contributed by atoms with E-state index in [1.807, 2.05) is 0 Å². The lowest BCUT2D eigenvalue weighted by molar-refractivity contribution is -0.186. The molecule has 4 rings (SSSR count). The zero-order chi connectivity index (χ0) is 31.4. The van der Waals surface area contributed by atoms with Gasteiger partial charge in [-0.05, 0) is 31.2 Å². The molecule has 2 saturated heterocycles. The third kappa shape index (κ3) is 7.87. The van der Waals surface area contributed by atoms with Crippen molar-refractivity contribution in [1.82, 2.24) is 9.80 Å². The van der Waals surface area contributed by atoms with E-state index in [0.29, 0.717) is 11.1 Å². The average molecular weight is 593 g/mol. The van der Waals surface area contributed by atoms with Crippen LogP contribution in [0.5, 0.6) is 0 Å². The first kappa shape index (κ1) is 32.6. The third-order valence-electron chi connectivity index (χ3n) is 6.26. The molecule has 2 heterocycles. The van der Waals surface area contributed by atoms with Crippen molar-refractivity contribution < 1.29 is 47.7 Å². The second-order valence-corrected chi connectivity index (χ2v) is 9.23. The van der Waals surface area contributed by atoms with Crippen molar-refractivity contribution in [2.75, 3.05) is 39.5 Å². The zero-order valence-corrected chi connectivity index (χ0v) is 23.6. The summed E-state index contributed by atoms with van der Waals surface area (Å²) < 4.78 is 20.1. The highest BCUT2D eigenvalue weighted by Gasteiger charge is 2.51. The Morgan fingerprint density at radius 1 is 0.837 bits per heavy atom. The van der Waals surface area contributed by atoms with E-state index in [1.165, 1.54) is 19.1 Å². The van der Waals surface area contributed by atoms with E-state index >= 15 is 0 Å². The first-order valence-electron chi connectivity index (χ1n) is 13.3. The molecule has 2 atom stereocenters. The van der Waals surface area contributed by atoms with Crippen LogP contribution in [0.4, 0.5) is 0 Å². The van der Waals surface area contributed by atoms with E-state index in [0.717, 1.165) is 9.80 Å². The fraction of sp³-hybridized carbons (Fsp3) is 0.290. The van der Waals surface area contributed by atoms with Crippen LogP contribution in [-0.2, 0) is 38.1 Å². The number of esters is 2. The minimum absolute atomic E-state index is 0.0153. The third-order valence-corrected chi connectivity index (χ3v) is 6.26. The van der Waals surface area contributed by atoms with Gasteiger partial charge in [0.05, 0.1) is 26.3 Å². The van der Waals surface area contributed by atoms with Gasteiger partial charge in [0.1, 0.15) is 13.2 Å². The van der Waals surface area contributed by atoms with E-state index in [1.54, 1.807) is 60.7 Å². The van der Waals surface area contributed by atoms with Crippen molar-refractivity contribution >= 4 is 35.6 Å². The van der Waals surface area contributed by atoms with Crippen LogP contribution in [0.1, 0.15) is 27.6 Å². The molecule has 4 amide bonds. The molecule has 0 aromatic heterocycles. The Balaban J connectivity index is 0.000000236. The van der Waals surface area contributed by atoms with Crippen LogP contribution in [0.2, 0.25) is 0 Å². The van der Waals surface area contributed by atoms with Crippen LogP contribution in [0, 0.1) is 0 Å².